The van der Waals surface area contributed by atoms with E-state index in [1.807, 2.05) is 41.3 Å². The van der Waals surface area contributed by atoms with Gasteiger partial charge in [-0.25, -0.2) is 4.98 Å². The van der Waals surface area contributed by atoms with Crippen molar-refractivity contribution in [1.29, 1.82) is 0 Å². The normalized spacial score (nSPS) is 14.0. The zero-order chi connectivity index (χ0) is 15.6. The van der Waals surface area contributed by atoms with Crippen LogP contribution in [0, 0.1) is 0 Å². The quantitative estimate of drug-likeness (QED) is 0.746. The van der Waals surface area contributed by atoms with E-state index in [-0.39, 0.29) is 5.91 Å². The number of para-hydroxylation sites is 2. The zero-order valence-corrected chi connectivity index (χ0v) is 13.0. The minimum atomic E-state index is 0.215. The highest BCUT2D eigenvalue weighted by atomic mass is 16.2. The van der Waals surface area contributed by atoms with Crippen molar-refractivity contribution < 1.29 is 4.79 Å². The molecule has 4 rings (SSSR count). The number of imidazole rings is 1. The van der Waals surface area contributed by atoms with E-state index in [9.17, 15) is 4.79 Å². The summed E-state index contributed by atoms with van der Waals surface area (Å²) in [6.45, 7) is 2.20. The highest BCUT2D eigenvalue weighted by molar-refractivity contribution is 5.78. The van der Waals surface area contributed by atoms with E-state index in [1.165, 1.54) is 11.1 Å². The van der Waals surface area contributed by atoms with Gasteiger partial charge in [0.25, 0.3) is 0 Å². The molecule has 4 heteroatoms. The van der Waals surface area contributed by atoms with Crippen LogP contribution in [0.15, 0.2) is 54.6 Å². The van der Waals surface area contributed by atoms with Gasteiger partial charge in [0.2, 0.25) is 5.91 Å². The van der Waals surface area contributed by atoms with Gasteiger partial charge >= 0.3 is 0 Å². The standard InChI is InChI=1S/C19H19N3O/c23-19(11-10-15-6-2-1-3-7-15)21-12-13-22-17-9-5-4-8-16(17)20-18(22)14-21/h1-9H,10-14H2. The van der Waals surface area contributed by atoms with Crippen LogP contribution in [0.5, 0.6) is 0 Å². The number of hydrogen-bond donors (Lipinski definition) is 0. The Kier molecular flexibility index (Phi) is 3.58. The summed E-state index contributed by atoms with van der Waals surface area (Å²) in [5.41, 5.74) is 3.39. The van der Waals surface area contributed by atoms with Crippen molar-refractivity contribution in [3.8, 4) is 0 Å². The molecule has 23 heavy (non-hydrogen) atoms. The number of hydrogen-bond acceptors (Lipinski definition) is 2. The molecule has 0 N–H and O–H groups in total. The van der Waals surface area contributed by atoms with Crippen molar-refractivity contribution in [3.63, 3.8) is 0 Å². The van der Waals surface area contributed by atoms with Gasteiger partial charge in [-0.3, -0.25) is 4.79 Å². The number of amides is 1. The molecule has 1 amide bonds. The fourth-order valence-corrected chi connectivity index (χ4v) is 3.23. The van der Waals surface area contributed by atoms with Crippen LogP contribution in [0.2, 0.25) is 0 Å². The molecule has 3 aromatic rings. The molecule has 0 radical (unpaired) electrons. The third-order valence-corrected chi connectivity index (χ3v) is 4.48. The van der Waals surface area contributed by atoms with E-state index >= 15 is 0 Å². The number of carbonyl (C=O) groups is 1. The molecular formula is C19H19N3O. The molecule has 0 saturated heterocycles. The minimum absolute atomic E-state index is 0.215. The molecule has 4 nitrogen and oxygen atoms in total. The van der Waals surface area contributed by atoms with E-state index < -0.39 is 0 Å². The van der Waals surface area contributed by atoms with Crippen LogP contribution < -0.4 is 0 Å². The maximum atomic E-state index is 12.5. The smallest absolute Gasteiger partial charge is 0.223 e. The highest BCUT2D eigenvalue weighted by Gasteiger charge is 2.23. The predicted octanol–water partition coefficient (Wildman–Crippen LogP) is 3.01. The predicted molar refractivity (Wildman–Crippen MR) is 89.9 cm³/mol. The lowest BCUT2D eigenvalue weighted by molar-refractivity contribution is -0.132. The van der Waals surface area contributed by atoms with Crippen molar-refractivity contribution in [2.24, 2.45) is 0 Å². The Balaban J connectivity index is 1.46. The van der Waals surface area contributed by atoms with Gasteiger partial charge < -0.3 is 9.47 Å². The Morgan fingerprint density at radius 3 is 2.65 bits per heavy atom. The molecule has 0 atom stereocenters. The second-order valence-electron chi connectivity index (χ2n) is 5.97. The number of rotatable bonds is 3. The van der Waals surface area contributed by atoms with Crippen molar-refractivity contribution in [1.82, 2.24) is 14.5 Å². The van der Waals surface area contributed by atoms with Gasteiger partial charge in [0.05, 0.1) is 17.6 Å². The van der Waals surface area contributed by atoms with Gasteiger partial charge in [0.1, 0.15) is 5.82 Å². The maximum Gasteiger partial charge on any atom is 0.223 e. The summed E-state index contributed by atoms with van der Waals surface area (Å²) < 4.78 is 2.23. The molecule has 2 aromatic carbocycles. The highest BCUT2D eigenvalue weighted by Crippen LogP contribution is 2.21. The maximum absolute atomic E-state index is 12.5. The lowest BCUT2D eigenvalue weighted by Gasteiger charge is -2.28. The zero-order valence-electron chi connectivity index (χ0n) is 13.0. The van der Waals surface area contributed by atoms with Crippen molar-refractivity contribution in [2.45, 2.75) is 25.9 Å². The van der Waals surface area contributed by atoms with E-state index in [0.29, 0.717) is 13.0 Å². The topological polar surface area (TPSA) is 38.1 Å². The fraction of sp³-hybridized carbons (Fsp3) is 0.263. The van der Waals surface area contributed by atoms with E-state index in [4.69, 9.17) is 0 Å². The summed E-state index contributed by atoms with van der Waals surface area (Å²) in [5, 5.41) is 0. The number of benzene rings is 2. The first-order valence-electron chi connectivity index (χ1n) is 8.07. The van der Waals surface area contributed by atoms with E-state index in [0.717, 1.165) is 30.9 Å². The molecule has 1 aliphatic rings. The Bertz CT molecular complexity index is 838. The molecule has 2 heterocycles. The summed E-state index contributed by atoms with van der Waals surface area (Å²) in [7, 11) is 0. The number of aromatic nitrogens is 2. The Labute approximate surface area is 135 Å². The number of fused-ring (bicyclic) bond motifs is 3. The van der Waals surface area contributed by atoms with Crippen LogP contribution in [-0.2, 0) is 24.3 Å². The lowest BCUT2D eigenvalue weighted by atomic mass is 10.1. The largest absolute Gasteiger partial charge is 0.333 e. The average Bonchev–Trinajstić information content (AvgIpc) is 2.98. The number of carbonyl (C=O) groups excluding carboxylic acids is 1. The summed E-state index contributed by atoms with van der Waals surface area (Å²) in [6, 6.07) is 18.3. The van der Waals surface area contributed by atoms with E-state index in [1.54, 1.807) is 0 Å². The van der Waals surface area contributed by atoms with Gasteiger partial charge in [0.15, 0.2) is 0 Å². The van der Waals surface area contributed by atoms with Crippen LogP contribution in [0.25, 0.3) is 11.0 Å². The second kappa shape index (κ2) is 5.88. The Morgan fingerprint density at radius 2 is 1.78 bits per heavy atom. The van der Waals surface area contributed by atoms with Crippen LogP contribution in [0.4, 0.5) is 0 Å². The summed E-state index contributed by atoms with van der Waals surface area (Å²) in [5.74, 6) is 1.21. The summed E-state index contributed by atoms with van der Waals surface area (Å²) >= 11 is 0. The summed E-state index contributed by atoms with van der Waals surface area (Å²) in [6.07, 6.45) is 1.36. The minimum Gasteiger partial charge on any atom is -0.333 e. The lowest BCUT2D eigenvalue weighted by Crippen LogP contribution is -2.38. The summed E-state index contributed by atoms with van der Waals surface area (Å²) in [4.78, 5) is 19.1. The molecule has 0 saturated carbocycles. The molecule has 1 aliphatic heterocycles. The number of nitrogens with zero attached hydrogens (tertiary/aromatic N) is 3. The molecule has 116 valence electrons. The van der Waals surface area contributed by atoms with Gasteiger partial charge in [0, 0.05) is 19.5 Å². The molecule has 0 bridgehead atoms. The molecule has 1 aromatic heterocycles. The van der Waals surface area contributed by atoms with Crippen LogP contribution in [0.3, 0.4) is 0 Å². The second-order valence-corrected chi connectivity index (χ2v) is 5.97. The van der Waals surface area contributed by atoms with Gasteiger partial charge in [-0.05, 0) is 24.1 Å². The fourth-order valence-electron chi connectivity index (χ4n) is 3.23. The van der Waals surface area contributed by atoms with Crippen LogP contribution in [-0.4, -0.2) is 26.9 Å². The van der Waals surface area contributed by atoms with Gasteiger partial charge in [-0.15, -0.1) is 0 Å². The van der Waals surface area contributed by atoms with Crippen molar-refractivity contribution >= 4 is 16.9 Å². The SMILES string of the molecule is O=C(CCc1ccccc1)N1CCn2c(nc3ccccc32)C1. The molecule has 0 fully saturated rings. The monoisotopic (exact) mass is 305 g/mol. The number of aryl methyl sites for hydroxylation is 1. The first-order valence-corrected chi connectivity index (χ1v) is 8.07. The molecule has 0 spiro atoms. The van der Waals surface area contributed by atoms with Crippen molar-refractivity contribution in [3.05, 3.63) is 66.0 Å². The third kappa shape index (κ3) is 2.72. The van der Waals surface area contributed by atoms with Gasteiger partial charge in [-0.1, -0.05) is 42.5 Å². The van der Waals surface area contributed by atoms with Crippen LogP contribution in [0.1, 0.15) is 17.8 Å². The third-order valence-electron chi connectivity index (χ3n) is 4.48. The molecule has 0 aliphatic carbocycles. The van der Waals surface area contributed by atoms with E-state index in [2.05, 4.69) is 27.8 Å². The van der Waals surface area contributed by atoms with Crippen molar-refractivity contribution in [2.75, 3.05) is 6.54 Å². The van der Waals surface area contributed by atoms with Gasteiger partial charge in [-0.2, -0.15) is 0 Å². The molecule has 0 unspecified atom stereocenters. The molecular weight excluding hydrogens is 286 g/mol. The first-order chi connectivity index (χ1) is 11.3. The Hall–Kier alpha value is -2.62. The van der Waals surface area contributed by atoms with Crippen LogP contribution >= 0.6 is 0 Å². The Morgan fingerprint density at radius 1 is 1.00 bits per heavy atom. The first kappa shape index (κ1) is 14.0. The average molecular weight is 305 g/mol.